The second kappa shape index (κ2) is 4.30. The van der Waals surface area contributed by atoms with Crippen LogP contribution < -0.4 is 11.5 Å². The van der Waals surface area contributed by atoms with Crippen LogP contribution in [0.4, 0.5) is 24.8 Å². The first-order chi connectivity index (χ1) is 8.84. The molecule has 0 aliphatic carbocycles. The summed E-state index contributed by atoms with van der Waals surface area (Å²) >= 11 is 0. The van der Waals surface area contributed by atoms with Crippen LogP contribution in [0.5, 0.6) is 0 Å². The number of benzene rings is 1. The first-order valence-electron chi connectivity index (χ1n) is 5.11. The van der Waals surface area contributed by atoms with Crippen LogP contribution in [-0.4, -0.2) is 16.1 Å². The summed E-state index contributed by atoms with van der Waals surface area (Å²) in [5.41, 5.74) is 10.3. The highest BCUT2D eigenvalue weighted by Crippen LogP contribution is 2.31. The van der Waals surface area contributed by atoms with Crippen molar-refractivity contribution in [2.45, 2.75) is 6.18 Å². The first kappa shape index (κ1) is 12.9. The molecule has 0 spiro atoms. The third-order valence-electron chi connectivity index (χ3n) is 2.52. The molecule has 0 aliphatic heterocycles. The number of carbonyl (C=O) groups is 1. The Morgan fingerprint density at radius 1 is 1.26 bits per heavy atom. The Labute approximate surface area is 105 Å². The van der Waals surface area contributed by atoms with E-state index in [1.807, 2.05) is 0 Å². The zero-order valence-electron chi connectivity index (χ0n) is 9.48. The summed E-state index contributed by atoms with van der Waals surface area (Å²) in [7, 11) is 0. The number of nitrogens with two attached hydrogens (primary N) is 2. The van der Waals surface area contributed by atoms with Gasteiger partial charge in [0, 0.05) is 0 Å². The smallest absolute Gasteiger partial charge is 0.383 e. The van der Waals surface area contributed by atoms with Crippen LogP contribution in [0.25, 0.3) is 5.69 Å². The van der Waals surface area contributed by atoms with Gasteiger partial charge in [0.1, 0.15) is 11.4 Å². The van der Waals surface area contributed by atoms with Crippen LogP contribution in [0.1, 0.15) is 15.9 Å². The third-order valence-corrected chi connectivity index (χ3v) is 2.52. The molecule has 0 bridgehead atoms. The van der Waals surface area contributed by atoms with Gasteiger partial charge in [0.05, 0.1) is 11.3 Å². The number of hydrogen-bond donors (Lipinski definition) is 2. The van der Waals surface area contributed by atoms with E-state index in [4.69, 9.17) is 11.5 Å². The van der Waals surface area contributed by atoms with E-state index in [1.165, 1.54) is 12.1 Å². The Morgan fingerprint density at radius 2 is 1.95 bits per heavy atom. The Bertz CT molecular complexity index is 633. The molecule has 0 radical (unpaired) electrons. The summed E-state index contributed by atoms with van der Waals surface area (Å²) in [6.07, 6.45) is -4.07. The van der Waals surface area contributed by atoms with Gasteiger partial charge in [-0.05, 0) is 18.2 Å². The van der Waals surface area contributed by atoms with Crippen molar-refractivity contribution in [2.24, 2.45) is 0 Å². The van der Waals surface area contributed by atoms with E-state index in [0.717, 1.165) is 16.8 Å². The topological polar surface area (TPSA) is 86.9 Å². The Hall–Kier alpha value is -2.51. The number of aldehydes is 1. The zero-order chi connectivity index (χ0) is 14.2. The minimum absolute atomic E-state index is 0.0441. The Kier molecular flexibility index (Phi) is 2.93. The summed E-state index contributed by atoms with van der Waals surface area (Å²) in [6.45, 7) is 0. The lowest BCUT2D eigenvalue weighted by Gasteiger charge is -2.09. The number of carbonyl (C=O) groups excluding carboxylic acids is 1. The molecule has 2 rings (SSSR count). The molecule has 100 valence electrons. The van der Waals surface area contributed by atoms with Gasteiger partial charge >= 0.3 is 6.18 Å². The maximum absolute atomic E-state index is 12.6. The van der Waals surface area contributed by atoms with E-state index in [1.54, 1.807) is 0 Å². The highest BCUT2D eigenvalue weighted by atomic mass is 19.4. The van der Waals surface area contributed by atoms with Crippen LogP contribution >= 0.6 is 0 Å². The quantitative estimate of drug-likeness (QED) is 0.815. The number of hydrogen-bond acceptors (Lipinski definition) is 4. The molecule has 0 aliphatic rings. The highest BCUT2D eigenvalue weighted by molar-refractivity contribution is 5.88. The van der Waals surface area contributed by atoms with Crippen molar-refractivity contribution in [3.8, 4) is 5.69 Å². The molecule has 0 atom stereocenters. The average Bonchev–Trinajstić information content (AvgIpc) is 2.63. The van der Waals surface area contributed by atoms with E-state index >= 15 is 0 Å². The molecule has 0 saturated heterocycles. The SMILES string of the molecule is Nc1nn(-c2cccc(C(F)(F)F)c2)c(N)c1C=O. The van der Waals surface area contributed by atoms with Gasteiger partial charge in [-0.1, -0.05) is 6.07 Å². The monoisotopic (exact) mass is 270 g/mol. The molecule has 4 N–H and O–H groups in total. The van der Waals surface area contributed by atoms with Gasteiger partial charge < -0.3 is 11.5 Å². The summed E-state index contributed by atoms with van der Waals surface area (Å²) in [5, 5.41) is 3.75. The van der Waals surface area contributed by atoms with Crippen LogP contribution in [0.2, 0.25) is 0 Å². The number of nitrogens with zero attached hydrogens (tertiary/aromatic N) is 2. The molecule has 0 amide bonds. The first-order valence-corrected chi connectivity index (χ1v) is 5.11. The number of rotatable bonds is 2. The fraction of sp³-hybridized carbons (Fsp3) is 0.0909. The van der Waals surface area contributed by atoms with Crippen LogP contribution in [0.15, 0.2) is 24.3 Å². The van der Waals surface area contributed by atoms with E-state index < -0.39 is 11.7 Å². The van der Waals surface area contributed by atoms with Gasteiger partial charge in [-0.25, -0.2) is 4.68 Å². The van der Waals surface area contributed by atoms with E-state index in [9.17, 15) is 18.0 Å². The molecular weight excluding hydrogens is 261 g/mol. The summed E-state index contributed by atoms with van der Waals surface area (Å²) in [5.74, 6) is -0.239. The minimum atomic E-state index is -4.48. The molecule has 0 saturated carbocycles. The summed E-state index contributed by atoms with van der Waals surface area (Å²) in [6, 6.07) is 4.40. The standard InChI is InChI=1S/C11H9F3N4O/c12-11(13,14)6-2-1-3-7(4-6)18-10(16)8(5-19)9(15)17-18/h1-5H,16H2,(H2,15,17). The lowest BCUT2D eigenvalue weighted by molar-refractivity contribution is -0.137. The van der Waals surface area contributed by atoms with Crippen LogP contribution in [0, 0.1) is 0 Å². The van der Waals surface area contributed by atoms with E-state index in [0.29, 0.717) is 6.29 Å². The van der Waals surface area contributed by atoms with E-state index in [-0.39, 0.29) is 22.9 Å². The van der Waals surface area contributed by atoms with Gasteiger partial charge in [-0.3, -0.25) is 4.79 Å². The molecule has 0 fully saturated rings. The fourth-order valence-corrected chi connectivity index (χ4v) is 1.59. The van der Waals surface area contributed by atoms with Crippen molar-refractivity contribution in [2.75, 3.05) is 11.5 Å². The van der Waals surface area contributed by atoms with Gasteiger partial charge in [-0.2, -0.15) is 13.2 Å². The van der Waals surface area contributed by atoms with Crippen LogP contribution in [-0.2, 0) is 6.18 Å². The molecule has 0 unspecified atom stereocenters. The second-order valence-electron chi connectivity index (χ2n) is 3.76. The second-order valence-corrected chi connectivity index (χ2v) is 3.76. The lowest BCUT2D eigenvalue weighted by Crippen LogP contribution is -2.08. The van der Waals surface area contributed by atoms with Gasteiger partial charge in [0.15, 0.2) is 12.1 Å². The fourth-order valence-electron chi connectivity index (χ4n) is 1.59. The van der Waals surface area contributed by atoms with Gasteiger partial charge in [-0.15, -0.1) is 5.10 Å². The molecular formula is C11H9F3N4O. The maximum Gasteiger partial charge on any atom is 0.416 e. The molecule has 1 aromatic heterocycles. The molecule has 1 aromatic carbocycles. The van der Waals surface area contributed by atoms with Crippen molar-refractivity contribution >= 4 is 17.9 Å². The van der Waals surface area contributed by atoms with Gasteiger partial charge in [0.2, 0.25) is 0 Å². The lowest BCUT2D eigenvalue weighted by atomic mass is 10.2. The average molecular weight is 270 g/mol. The molecule has 8 heteroatoms. The Morgan fingerprint density at radius 3 is 2.47 bits per heavy atom. The summed E-state index contributed by atoms with van der Waals surface area (Å²) < 4.78 is 38.8. The predicted molar refractivity (Wildman–Crippen MR) is 62.8 cm³/mol. The van der Waals surface area contributed by atoms with Crippen molar-refractivity contribution in [3.05, 3.63) is 35.4 Å². The molecule has 5 nitrogen and oxygen atoms in total. The van der Waals surface area contributed by atoms with Crippen molar-refractivity contribution < 1.29 is 18.0 Å². The maximum atomic E-state index is 12.6. The number of halogens is 3. The zero-order valence-corrected chi connectivity index (χ0v) is 9.48. The normalized spacial score (nSPS) is 11.5. The van der Waals surface area contributed by atoms with Crippen molar-refractivity contribution in [3.63, 3.8) is 0 Å². The molecule has 19 heavy (non-hydrogen) atoms. The highest BCUT2D eigenvalue weighted by Gasteiger charge is 2.30. The van der Waals surface area contributed by atoms with E-state index in [2.05, 4.69) is 5.10 Å². The number of nitrogen functional groups attached to an aromatic ring is 2. The van der Waals surface area contributed by atoms with Gasteiger partial charge in [0.25, 0.3) is 0 Å². The minimum Gasteiger partial charge on any atom is -0.383 e. The molecule has 1 heterocycles. The number of alkyl halides is 3. The van der Waals surface area contributed by atoms with Crippen molar-refractivity contribution in [1.29, 1.82) is 0 Å². The Balaban J connectivity index is 2.57. The van der Waals surface area contributed by atoms with Crippen LogP contribution in [0.3, 0.4) is 0 Å². The predicted octanol–water partition coefficient (Wildman–Crippen LogP) is 1.87. The van der Waals surface area contributed by atoms with Crippen molar-refractivity contribution in [1.82, 2.24) is 9.78 Å². The largest absolute Gasteiger partial charge is 0.416 e. The number of aromatic nitrogens is 2. The molecule has 2 aromatic rings. The summed E-state index contributed by atoms with van der Waals surface area (Å²) in [4.78, 5) is 10.7. The third kappa shape index (κ3) is 2.24. The number of anilines is 2.